The molecule has 2 aromatic heterocycles. The maximum absolute atomic E-state index is 12.6. The number of nitrogens with zero attached hydrogens (tertiary/aromatic N) is 5. The van der Waals surface area contributed by atoms with Crippen LogP contribution in [-0.4, -0.2) is 57.7 Å². The lowest BCUT2D eigenvalue weighted by molar-refractivity contribution is 0.102. The highest BCUT2D eigenvalue weighted by Crippen LogP contribution is 2.21. The van der Waals surface area contributed by atoms with Gasteiger partial charge in [-0.3, -0.25) is 4.79 Å². The minimum Gasteiger partial charge on any atom is -0.411 e. The second-order valence-electron chi connectivity index (χ2n) is 6.42. The molecule has 1 aliphatic heterocycles. The molecule has 9 nitrogen and oxygen atoms in total. The average Bonchev–Trinajstić information content (AvgIpc) is 3.22. The third-order valence-electron chi connectivity index (χ3n) is 4.63. The highest BCUT2D eigenvalue weighted by Gasteiger charge is 2.17. The van der Waals surface area contributed by atoms with Crippen LogP contribution in [0.4, 0.5) is 11.6 Å². The predicted octanol–water partition coefficient (Wildman–Crippen LogP) is 2.02. The quantitative estimate of drug-likeness (QED) is 0.408. The summed E-state index contributed by atoms with van der Waals surface area (Å²) in [6, 6.07) is 10.4. The van der Waals surface area contributed by atoms with Crippen LogP contribution in [0.1, 0.15) is 22.8 Å². The van der Waals surface area contributed by atoms with Gasteiger partial charge in [-0.2, -0.15) is 9.61 Å². The first-order valence-corrected chi connectivity index (χ1v) is 8.93. The molecule has 0 radical (unpaired) electrons. The minimum atomic E-state index is -0.269. The number of ether oxygens (including phenoxy) is 1. The van der Waals surface area contributed by atoms with Crippen LogP contribution in [-0.2, 0) is 4.74 Å². The molecule has 0 spiro atoms. The van der Waals surface area contributed by atoms with Crippen LogP contribution >= 0.6 is 0 Å². The number of nitrogens with one attached hydrogen (secondary N) is 1. The van der Waals surface area contributed by atoms with Crippen LogP contribution in [0, 0.1) is 0 Å². The molecule has 28 heavy (non-hydrogen) atoms. The van der Waals surface area contributed by atoms with E-state index in [9.17, 15) is 4.79 Å². The molecule has 3 heterocycles. The van der Waals surface area contributed by atoms with Crippen molar-refractivity contribution >= 4 is 28.9 Å². The van der Waals surface area contributed by atoms with Crippen molar-refractivity contribution in [2.45, 2.75) is 6.92 Å². The van der Waals surface area contributed by atoms with Crippen molar-refractivity contribution in [2.24, 2.45) is 5.16 Å². The van der Waals surface area contributed by atoms with E-state index in [2.05, 4.69) is 25.5 Å². The number of morpholine rings is 1. The van der Waals surface area contributed by atoms with Crippen LogP contribution in [0.5, 0.6) is 0 Å². The smallest absolute Gasteiger partial charge is 0.256 e. The first-order chi connectivity index (χ1) is 13.7. The third kappa shape index (κ3) is 3.52. The Morgan fingerprint density at radius 2 is 1.89 bits per heavy atom. The van der Waals surface area contributed by atoms with Crippen LogP contribution in [0.2, 0.25) is 0 Å². The van der Waals surface area contributed by atoms with Gasteiger partial charge < -0.3 is 20.2 Å². The Balaban J connectivity index is 1.59. The van der Waals surface area contributed by atoms with Gasteiger partial charge in [-0.05, 0) is 24.6 Å². The molecular formula is C19H20N6O3. The van der Waals surface area contributed by atoms with Gasteiger partial charge in [-0.1, -0.05) is 17.3 Å². The van der Waals surface area contributed by atoms with Crippen molar-refractivity contribution in [2.75, 3.05) is 36.5 Å². The van der Waals surface area contributed by atoms with Crippen molar-refractivity contribution in [1.82, 2.24) is 14.6 Å². The number of aromatic nitrogens is 3. The summed E-state index contributed by atoms with van der Waals surface area (Å²) >= 11 is 0. The van der Waals surface area contributed by atoms with Crippen LogP contribution in [0.25, 0.3) is 5.65 Å². The molecule has 0 unspecified atom stereocenters. The number of oxime groups is 1. The van der Waals surface area contributed by atoms with Gasteiger partial charge in [-0.15, -0.1) is 0 Å². The highest BCUT2D eigenvalue weighted by atomic mass is 16.5. The zero-order valence-electron chi connectivity index (χ0n) is 15.4. The molecule has 9 heteroatoms. The maximum Gasteiger partial charge on any atom is 0.256 e. The molecule has 0 saturated carbocycles. The molecule has 1 fully saturated rings. The summed E-state index contributed by atoms with van der Waals surface area (Å²) in [7, 11) is 0. The minimum absolute atomic E-state index is 0.269. The van der Waals surface area contributed by atoms with E-state index in [1.807, 2.05) is 6.07 Å². The Hall–Kier alpha value is -3.46. The summed E-state index contributed by atoms with van der Waals surface area (Å²) in [6.45, 7) is 4.48. The van der Waals surface area contributed by atoms with E-state index in [0.29, 0.717) is 36.0 Å². The largest absolute Gasteiger partial charge is 0.411 e. The SMILES string of the molecule is C/C(=N\O)c1ccc(C(=O)Nc2cc(N3CCOCC3)n3nccc3n2)cc1. The molecule has 0 aliphatic carbocycles. The Morgan fingerprint density at radius 1 is 1.18 bits per heavy atom. The summed E-state index contributed by atoms with van der Waals surface area (Å²) in [5, 5.41) is 19.2. The van der Waals surface area contributed by atoms with E-state index in [1.165, 1.54) is 0 Å². The number of rotatable bonds is 4. The van der Waals surface area contributed by atoms with Crippen LogP contribution < -0.4 is 10.2 Å². The molecule has 1 aliphatic rings. The van der Waals surface area contributed by atoms with Gasteiger partial charge in [0, 0.05) is 30.8 Å². The van der Waals surface area contributed by atoms with Crippen molar-refractivity contribution in [3.63, 3.8) is 0 Å². The number of amides is 1. The summed E-state index contributed by atoms with van der Waals surface area (Å²) < 4.78 is 7.18. The summed E-state index contributed by atoms with van der Waals surface area (Å²) in [4.78, 5) is 19.3. The first kappa shape index (κ1) is 17.9. The van der Waals surface area contributed by atoms with Crippen LogP contribution in [0.3, 0.4) is 0 Å². The number of hydrogen-bond donors (Lipinski definition) is 2. The molecule has 1 aromatic carbocycles. The third-order valence-corrected chi connectivity index (χ3v) is 4.63. The normalized spacial score (nSPS) is 15.0. The molecule has 144 valence electrons. The maximum atomic E-state index is 12.6. The lowest BCUT2D eigenvalue weighted by Gasteiger charge is -2.29. The van der Waals surface area contributed by atoms with E-state index in [1.54, 1.807) is 48.0 Å². The Bertz CT molecular complexity index is 1020. The molecule has 0 atom stereocenters. The lowest BCUT2D eigenvalue weighted by atomic mass is 10.1. The Morgan fingerprint density at radius 3 is 2.61 bits per heavy atom. The van der Waals surface area contributed by atoms with Crippen LogP contribution in [0.15, 0.2) is 47.8 Å². The molecule has 2 N–H and O–H groups in total. The van der Waals surface area contributed by atoms with E-state index in [0.717, 1.165) is 24.5 Å². The fourth-order valence-electron chi connectivity index (χ4n) is 3.09. The standard InChI is InChI=1S/C19H20N6O3/c1-13(23-27)14-2-4-15(5-3-14)19(26)22-16-12-18(24-8-10-28-11-9-24)25-17(21-16)6-7-20-25/h2-7,12,27H,8-11H2,1H3,(H,21,22,26)/b23-13+. The lowest BCUT2D eigenvalue weighted by Crippen LogP contribution is -2.37. The van der Waals surface area contributed by atoms with Crippen molar-refractivity contribution in [3.05, 3.63) is 53.7 Å². The molecule has 4 rings (SSSR count). The summed E-state index contributed by atoms with van der Waals surface area (Å²) in [5.74, 6) is 1.05. The van der Waals surface area contributed by atoms with E-state index >= 15 is 0 Å². The number of carbonyl (C=O) groups excluding carboxylic acids is 1. The monoisotopic (exact) mass is 380 g/mol. The fourth-order valence-corrected chi connectivity index (χ4v) is 3.09. The number of carbonyl (C=O) groups is 1. The van der Waals surface area contributed by atoms with Gasteiger partial charge in [0.2, 0.25) is 0 Å². The van der Waals surface area contributed by atoms with Crippen molar-refractivity contribution < 1.29 is 14.7 Å². The fraction of sp³-hybridized carbons (Fsp3) is 0.263. The van der Waals surface area contributed by atoms with Gasteiger partial charge in [0.05, 0.1) is 25.1 Å². The van der Waals surface area contributed by atoms with Gasteiger partial charge in [0.25, 0.3) is 5.91 Å². The first-order valence-electron chi connectivity index (χ1n) is 8.93. The van der Waals surface area contributed by atoms with Gasteiger partial charge in [0.15, 0.2) is 5.65 Å². The highest BCUT2D eigenvalue weighted by molar-refractivity contribution is 6.05. The number of hydrogen-bond acceptors (Lipinski definition) is 7. The number of anilines is 2. The van der Waals surface area contributed by atoms with E-state index in [-0.39, 0.29) is 5.91 Å². The van der Waals surface area contributed by atoms with Gasteiger partial charge in [-0.25, -0.2) is 4.98 Å². The van der Waals surface area contributed by atoms with E-state index in [4.69, 9.17) is 9.94 Å². The Kier molecular flexibility index (Phi) is 4.90. The second kappa shape index (κ2) is 7.65. The number of benzene rings is 1. The molecular weight excluding hydrogens is 360 g/mol. The van der Waals surface area contributed by atoms with E-state index < -0.39 is 0 Å². The zero-order chi connectivity index (χ0) is 19.5. The van der Waals surface area contributed by atoms with Gasteiger partial charge in [0.1, 0.15) is 11.6 Å². The van der Waals surface area contributed by atoms with Gasteiger partial charge >= 0.3 is 0 Å². The molecule has 3 aromatic rings. The van der Waals surface area contributed by atoms with Crippen molar-refractivity contribution in [3.8, 4) is 0 Å². The number of fused-ring (bicyclic) bond motifs is 1. The summed E-state index contributed by atoms with van der Waals surface area (Å²) in [6.07, 6.45) is 1.68. The Labute approximate surface area is 161 Å². The topological polar surface area (TPSA) is 104 Å². The molecule has 0 bridgehead atoms. The summed E-state index contributed by atoms with van der Waals surface area (Å²) in [5.41, 5.74) is 2.37. The van der Waals surface area contributed by atoms with Crippen molar-refractivity contribution in [1.29, 1.82) is 0 Å². The molecule has 1 amide bonds. The zero-order valence-corrected chi connectivity index (χ0v) is 15.4. The second-order valence-corrected chi connectivity index (χ2v) is 6.42. The molecule has 1 saturated heterocycles. The predicted molar refractivity (Wildman–Crippen MR) is 104 cm³/mol. The average molecular weight is 380 g/mol.